The lowest BCUT2D eigenvalue weighted by Crippen LogP contribution is -2.38. The van der Waals surface area contributed by atoms with Crippen molar-refractivity contribution in [3.05, 3.63) is 105 Å². The topological polar surface area (TPSA) is 61.6 Å². The molecule has 0 saturated heterocycles. The van der Waals surface area contributed by atoms with E-state index in [0.717, 1.165) is 22.3 Å². The molecule has 3 aromatic carbocycles. The van der Waals surface area contributed by atoms with Gasteiger partial charge in [-0.25, -0.2) is 0 Å². The second-order valence-electron chi connectivity index (χ2n) is 6.69. The third kappa shape index (κ3) is 2.96. The number of benzene rings is 3. The van der Waals surface area contributed by atoms with Crippen LogP contribution in [0.25, 0.3) is 11.6 Å². The Kier molecular flexibility index (Phi) is 4.45. The third-order valence-electron chi connectivity index (χ3n) is 4.92. The fraction of sp³-hybridized carbons (Fsp3) is 0.130. The number of nitro benzene ring substituents is 1. The molecule has 0 N–H and O–H groups in total. The molecule has 28 heavy (non-hydrogen) atoms. The molecule has 1 aliphatic rings. The summed E-state index contributed by atoms with van der Waals surface area (Å²) >= 11 is 0. The summed E-state index contributed by atoms with van der Waals surface area (Å²) in [5, 5.41) is 11.2. The van der Waals surface area contributed by atoms with Gasteiger partial charge in [0, 0.05) is 35.9 Å². The Morgan fingerprint density at radius 3 is 2.36 bits per heavy atom. The van der Waals surface area contributed by atoms with E-state index in [4.69, 9.17) is 9.47 Å². The Morgan fingerprint density at radius 2 is 1.71 bits per heavy atom. The van der Waals surface area contributed by atoms with Crippen LogP contribution in [0.1, 0.15) is 22.3 Å². The maximum atomic E-state index is 11.2. The normalized spacial score (nSPS) is 18.0. The molecule has 5 nitrogen and oxygen atoms in total. The molecule has 1 aliphatic heterocycles. The van der Waals surface area contributed by atoms with E-state index in [-0.39, 0.29) is 5.69 Å². The molecule has 1 atom stereocenters. The first-order valence-electron chi connectivity index (χ1n) is 8.91. The Hall–Kier alpha value is -3.44. The van der Waals surface area contributed by atoms with Gasteiger partial charge in [-0.1, -0.05) is 60.2 Å². The molecule has 1 unspecified atom stereocenters. The van der Waals surface area contributed by atoms with Gasteiger partial charge in [0.25, 0.3) is 11.5 Å². The lowest BCUT2D eigenvalue weighted by molar-refractivity contribution is -0.384. The van der Waals surface area contributed by atoms with Gasteiger partial charge in [-0.05, 0) is 24.6 Å². The van der Waals surface area contributed by atoms with Crippen LogP contribution in [0.4, 0.5) is 5.69 Å². The first-order valence-corrected chi connectivity index (χ1v) is 8.91. The van der Waals surface area contributed by atoms with E-state index in [9.17, 15) is 10.1 Å². The van der Waals surface area contributed by atoms with Crippen molar-refractivity contribution in [3.8, 4) is 5.75 Å². The van der Waals surface area contributed by atoms with Crippen LogP contribution in [0, 0.1) is 17.0 Å². The van der Waals surface area contributed by atoms with Gasteiger partial charge in [-0.2, -0.15) is 0 Å². The molecular formula is C23H19NO4. The molecule has 0 aromatic heterocycles. The van der Waals surface area contributed by atoms with Crippen LogP contribution < -0.4 is 4.74 Å². The SMILES string of the molecule is COC1(c2ccc(C)cc2)Oc2ccc([N+](=O)[O-])cc2C=C1c1ccccc1. The van der Waals surface area contributed by atoms with E-state index in [1.165, 1.54) is 12.1 Å². The second-order valence-corrected chi connectivity index (χ2v) is 6.69. The largest absolute Gasteiger partial charge is 0.453 e. The van der Waals surface area contributed by atoms with Crippen LogP contribution in [-0.4, -0.2) is 12.0 Å². The van der Waals surface area contributed by atoms with Crippen molar-refractivity contribution < 1.29 is 14.4 Å². The smallest absolute Gasteiger partial charge is 0.270 e. The predicted molar refractivity (Wildman–Crippen MR) is 108 cm³/mol. The van der Waals surface area contributed by atoms with Gasteiger partial charge < -0.3 is 9.47 Å². The highest BCUT2D eigenvalue weighted by molar-refractivity contribution is 5.90. The zero-order valence-corrected chi connectivity index (χ0v) is 15.6. The number of methoxy groups -OCH3 is 1. The average Bonchev–Trinajstić information content (AvgIpc) is 2.73. The number of nitrogens with zero attached hydrogens (tertiary/aromatic N) is 1. The van der Waals surface area contributed by atoms with Crippen molar-refractivity contribution in [2.75, 3.05) is 7.11 Å². The molecule has 140 valence electrons. The monoisotopic (exact) mass is 373 g/mol. The van der Waals surface area contributed by atoms with Gasteiger partial charge in [0.2, 0.25) is 0 Å². The van der Waals surface area contributed by atoms with Crippen molar-refractivity contribution in [3.63, 3.8) is 0 Å². The lowest BCUT2D eigenvalue weighted by Gasteiger charge is -2.39. The van der Waals surface area contributed by atoms with Gasteiger partial charge in [-0.3, -0.25) is 10.1 Å². The molecule has 4 rings (SSSR count). The van der Waals surface area contributed by atoms with Crippen molar-refractivity contribution >= 4 is 17.3 Å². The summed E-state index contributed by atoms with van der Waals surface area (Å²) in [5.74, 6) is -0.620. The van der Waals surface area contributed by atoms with Gasteiger partial charge in [0.05, 0.1) is 4.92 Å². The number of nitro groups is 1. The van der Waals surface area contributed by atoms with Gasteiger partial charge in [0.15, 0.2) is 0 Å². The summed E-state index contributed by atoms with van der Waals surface area (Å²) in [4.78, 5) is 10.8. The summed E-state index contributed by atoms with van der Waals surface area (Å²) in [6.45, 7) is 2.02. The Labute approximate surface area is 163 Å². The number of non-ortho nitro benzene ring substituents is 1. The van der Waals surface area contributed by atoms with E-state index < -0.39 is 10.7 Å². The second kappa shape index (κ2) is 6.94. The summed E-state index contributed by atoms with van der Waals surface area (Å²) in [6.07, 6.45) is 1.91. The first-order chi connectivity index (χ1) is 13.5. The maximum Gasteiger partial charge on any atom is 0.270 e. The van der Waals surface area contributed by atoms with E-state index in [0.29, 0.717) is 11.3 Å². The fourth-order valence-electron chi connectivity index (χ4n) is 3.46. The summed E-state index contributed by atoms with van der Waals surface area (Å²) in [6, 6.07) is 22.3. The minimum absolute atomic E-state index is 0.0197. The van der Waals surface area contributed by atoms with E-state index >= 15 is 0 Å². The van der Waals surface area contributed by atoms with Crippen LogP contribution in [0.2, 0.25) is 0 Å². The quantitative estimate of drug-likeness (QED) is 0.458. The molecule has 0 amide bonds. The molecule has 0 saturated carbocycles. The number of fused-ring (bicyclic) bond motifs is 1. The number of rotatable bonds is 4. The molecule has 0 aliphatic carbocycles. The molecule has 1 heterocycles. The van der Waals surface area contributed by atoms with E-state index in [2.05, 4.69) is 0 Å². The van der Waals surface area contributed by atoms with E-state index in [1.807, 2.05) is 67.6 Å². The highest BCUT2D eigenvalue weighted by Crippen LogP contribution is 2.47. The van der Waals surface area contributed by atoms with Gasteiger partial charge in [-0.15, -0.1) is 0 Å². The number of ether oxygens (including phenoxy) is 2. The zero-order chi connectivity index (χ0) is 19.7. The minimum atomic E-state index is -1.15. The summed E-state index contributed by atoms with van der Waals surface area (Å²) in [7, 11) is 1.60. The fourth-order valence-corrected chi connectivity index (χ4v) is 3.46. The Bertz CT molecular complexity index is 1060. The van der Waals surface area contributed by atoms with Crippen LogP contribution >= 0.6 is 0 Å². The summed E-state index contributed by atoms with van der Waals surface area (Å²) < 4.78 is 12.4. The minimum Gasteiger partial charge on any atom is -0.453 e. The summed E-state index contributed by atoms with van der Waals surface area (Å²) in [5.41, 5.74) is 4.35. The van der Waals surface area contributed by atoms with Crippen LogP contribution in [0.15, 0.2) is 72.8 Å². The zero-order valence-electron chi connectivity index (χ0n) is 15.6. The Balaban J connectivity index is 1.96. The number of hydrogen-bond acceptors (Lipinski definition) is 4. The predicted octanol–water partition coefficient (Wildman–Crippen LogP) is 5.34. The van der Waals surface area contributed by atoms with Crippen LogP contribution in [-0.2, 0) is 10.5 Å². The van der Waals surface area contributed by atoms with Crippen LogP contribution in [0.5, 0.6) is 5.75 Å². The highest BCUT2D eigenvalue weighted by atomic mass is 16.7. The molecule has 5 heteroatoms. The van der Waals surface area contributed by atoms with Crippen molar-refractivity contribution in [2.45, 2.75) is 12.7 Å². The molecule has 0 fully saturated rings. The van der Waals surface area contributed by atoms with Crippen molar-refractivity contribution in [1.82, 2.24) is 0 Å². The Morgan fingerprint density at radius 1 is 1.00 bits per heavy atom. The maximum absolute atomic E-state index is 11.2. The molecule has 0 bridgehead atoms. The highest BCUT2D eigenvalue weighted by Gasteiger charge is 2.43. The number of hydrogen-bond donors (Lipinski definition) is 0. The standard InChI is InChI=1S/C23H19NO4/c1-16-8-10-19(11-9-16)23(27-2)21(17-6-4-3-5-7-17)15-18-14-20(24(25)26)12-13-22(18)28-23/h3-15H,1-2H3. The first kappa shape index (κ1) is 17.9. The third-order valence-corrected chi connectivity index (χ3v) is 4.92. The van der Waals surface area contributed by atoms with E-state index in [1.54, 1.807) is 13.2 Å². The molecule has 0 spiro atoms. The average molecular weight is 373 g/mol. The van der Waals surface area contributed by atoms with Crippen molar-refractivity contribution in [1.29, 1.82) is 0 Å². The van der Waals surface area contributed by atoms with Gasteiger partial charge in [0.1, 0.15) is 5.75 Å². The van der Waals surface area contributed by atoms with Crippen molar-refractivity contribution in [2.24, 2.45) is 0 Å². The molecule has 0 radical (unpaired) electrons. The van der Waals surface area contributed by atoms with Gasteiger partial charge >= 0.3 is 0 Å². The molecule has 3 aromatic rings. The van der Waals surface area contributed by atoms with Crippen LogP contribution in [0.3, 0.4) is 0 Å². The lowest BCUT2D eigenvalue weighted by atomic mass is 9.87. The molecular weight excluding hydrogens is 354 g/mol. The number of aryl methyl sites for hydroxylation is 1.